The van der Waals surface area contributed by atoms with Crippen LogP contribution in [0.4, 0.5) is 17.6 Å². The van der Waals surface area contributed by atoms with Gasteiger partial charge in [-0.3, -0.25) is 0 Å². The van der Waals surface area contributed by atoms with Crippen LogP contribution in [0.2, 0.25) is 0 Å². The Balaban J connectivity index is 1.52. The highest BCUT2D eigenvalue weighted by Gasteiger charge is 2.32. The van der Waals surface area contributed by atoms with Gasteiger partial charge in [0.2, 0.25) is 0 Å². The normalized spacial score (nSPS) is 29.3. The summed E-state index contributed by atoms with van der Waals surface area (Å²) in [7, 11) is 0. The molecule has 2 nitrogen and oxygen atoms in total. The van der Waals surface area contributed by atoms with Crippen LogP contribution in [-0.4, -0.2) is 19.4 Å². The lowest BCUT2D eigenvalue weighted by Crippen LogP contribution is -2.34. The molecule has 2 fully saturated rings. The Morgan fingerprint density at radius 2 is 1.71 bits per heavy atom. The van der Waals surface area contributed by atoms with Crippen LogP contribution >= 0.6 is 0 Å². The van der Waals surface area contributed by atoms with Gasteiger partial charge in [0.15, 0.2) is 6.29 Å². The first-order chi connectivity index (χ1) is 13.4. The van der Waals surface area contributed by atoms with Gasteiger partial charge in [0.25, 0.3) is 0 Å². The van der Waals surface area contributed by atoms with E-state index in [9.17, 15) is 17.6 Å². The van der Waals surface area contributed by atoms with Crippen molar-refractivity contribution in [2.75, 3.05) is 13.2 Å². The molecule has 0 aromatic heterocycles. The largest absolute Gasteiger partial charge is 0.409 e. The fourth-order valence-corrected chi connectivity index (χ4v) is 4.35. The van der Waals surface area contributed by atoms with Gasteiger partial charge in [-0.15, -0.1) is 0 Å². The van der Waals surface area contributed by atoms with Gasteiger partial charge in [-0.25, -0.2) is 4.39 Å². The van der Waals surface area contributed by atoms with Crippen molar-refractivity contribution in [3.05, 3.63) is 41.2 Å². The van der Waals surface area contributed by atoms with Gasteiger partial charge in [-0.2, -0.15) is 13.2 Å². The maximum atomic E-state index is 14.1. The molecule has 0 amide bonds. The molecule has 1 aliphatic heterocycles. The molecule has 0 unspecified atom stereocenters. The number of ether oxygens (including phenoxy) is 2. The molecule has 28 heavy (non-hydrogen) atoms. The minimum Gasteiger partial charge on any atom is -0.348 e. The summed E-state index contributed by atoms with van der Waals surface area (Å²) in [4.78, 5) is 0. The van der Waals surface area contributed by atoms with Crippen LogP contribution in [0.25, 0.3) is 6.08 Å². The van der Waals surface area contributed by atoms with Crippen molar-refractivity contribution in [2.45, 2.75) is 57.9 Å². The SMILES string of the molecule is CCCC1CCC(C2COC(c3ccc(/C=C/C(F)(F)F)c(F)c3)OC2)CC1. The Hall–Kier alpha value is -1.40. The molecule has 1 aromatic carbocycles. The molecule has 156 valence electrons. The Kier molecular flexibility index (Phi) is 7.15. The zero-order valence-electron chi connectivity index (χ0n) is 16.2. The second kappa shape index (κ2) is 9.40. The highest BCUT2D eigenvalue weighted by atomic mass is 19.4. The highest BCUT2D eigenvalue weighted by Crippen LogP contribution is 2.38. The highest BCUT2D eigenvalue weighted by molar-refractivity contribution is 5.51. The van der Waals surface area contributed by atoms with Crippen LogP contribution in [0.15, 0.2) is 24.3 Å². The Bertz CT molecular complexity index is 655. The average molecular weight is 400 g/mol. The van der Waals surface area contributed by atoms with Crippen LogP contribution in [0, 0.1) is 23.6 Å². The maximum absolute atomic E-state index is 14.1. The van der Waals surface area contributed by atoms with E-state index in [0.29, 0.717) is 30.6 Å². The van der Waals surface area contributed by atoms with E-state index in [-0.39, 0.29) is 11.6 Å². The standard InChI is InChI=1S/C22H28F4O2/c1-2-3-15-4-6-16(7-5-15)19-13-27-21(28-14-19)18-9-8-17(20(23)12-18)10-11-22(24,25)26/h8-12,15-16,19,21H,2-7,13-14H2,1H3/b11-10+. The minimum absolute atomic E-state index is 0.0263. The van der Waals surface area contributed by atoms with Crippen LogP contribution in [-0.2, 0) is 9.47 Å². The lowest BCUT2D eigenvalue weighted by molar-refractivity contribution is -0.214. The van der Waals surface area contributed by atoms with Crippen molar-refractivity contribution in [2.24, 2.45) is 17.8 Å². The summed E-state index contributed by atoms with van der Waals surface area (Å²) < 4.78 is 62.5. The van der Waals surface area contributed by atoms with Gasteiger partial charge in [0, 0.05) is 23.1 Å². The second-order valence-corrected chi connectivity index (χ2v) is 7.98. The molecule has 0 spiro atoms. The predicted molar refractivity (Wildman–Crippen MR) is 100.0 cm³/mol. The molecule has 0 radical (unpaired) electrons. The van der Waals surface area contributed by atoms with Gasteiger partial charge in [-0.1, -0.05) is 44.7 Å². The van der Waals surface area contributed by atoms with E-state index in [4.69, 9.17) is 9.47 Å². The lowest BCUT2D eigenvalue weighted by Gasteiger charge is -2.37. The van der Waals surface area contributed by atoms with Crippen LogP contribution in [0.3, 0.4) is 0 Å². The molecule has 1 aromatic rings. The first-order valence-corrected chi connectivity index (χ1v) is 10.1. The third-order valence-corrected chi connectivity index (χ3v) is 5.93. The van der Waals surface area contributed by atoms with Gasteiger partial charge in [-0.05, 0) is 36.8 Å². The lowest BCUT2D eigenvalue weighted by atomic mass is 9.75. The van der Waals surface area contributed by atoms with E-state index < -0.39 is 18.3 Å². The molecule has 1 saturated carbocycles. The summed E-state index contributed by atoms with van der Waals surface area (Å²) >= 11 is 0. The van der Waals surface area contributed by atoms with E-state index >= 15 is 0 Å². The average Bonchev–Trinajstić information content (AvgIpc) is 2.67. The molecular formula is C22H28F4O2. The Morgan fingerprint density at radius 3 is 2.29 bits per heavy atom. The van der Waals surface area contributed by atoms with Crippen molar-refractivity contribution in [3.8, 4) is 0 Å². The van der Waals surface area contributed by atoms with E-state index in [0.717, 1.165) is 12.0 Å². The van der Waals surface area contributed by atoms with Crippen LogP contribution in [0.5, 0.6) is 0 Å². The molecule has 1 saturated heterocycles. The van der Waals surface area contributed by atoms with Crippen LogP contribution in [0.1, 0.15) is 62.9 Å². The smallest absolute Gasteiger partial charge is 0.348 e. The van der Waals surface area contributed by atoms with Crippen molar-refractivity contribution in [3.63, 3.8) is 0 Å². The monoisotopic (exact) mass is 400 g/mol. The van der Waals surface area contributed by atoms with E-state index in [1.807, 2.05) is 0 Å². The molecule has 6 heteroatoms. The van der Waals surface area contributed by atoms with E-state index in [1.165, 1.54) is 50.7 Å². The number of hydrogen-bond acceptors (Lipinski definition) is 2. The van der Waals surface area contributed by atoms with E-state index in [1.54, 1.807) is 6.07 Å². The second-order valence-electron chi connectivity index (χ2n) is 7.98. The van der Waals surface area contributed by atoms with Crippen molar-refractivity contribution >= 4 is 6.08 Å². The van der Waals surface area contributed by atoms with Crippen molar-refractivity contribution in [1.82, 2.24) is 0 Å². The zero-order chi connectivity index (χ0) is 20.1. The summed E-state index contributed by atoms with van der Waals surface area (Å²) in [5.41, 5.74) is 0.380. The van der Waals surface area contributed by atoms with Gasteiger partial charge >= 0.3 is 6.18 Å². The van der Waals surface area contributed by atoms with Crippen molar-refractivity contribution in [1.29, 1.82) is 0 Å². The van der Waals surface area contributed by atoms with E-state index in [2.05, 4.69) is 6.92 Å². The summed E-state index contributed by atoms with van der Waals surface area (Å²) in [5.74, 6) is 1.10. The number of halogens is 4. The first kappa shape index (κ1) is 21.3. The molecule has 1 heterocycles. The fraction of sp³-hybridized carbons (Fsp3) is 0.636. The van der Waals surface area contributed by atoms with Crippen LogP contribution < -0.4 is 0 Å². The van der Waals surface area contributed by atoms with Gasteiger partial charge in [0.1, 0.15) is 5.82 Å². The summed E-state index contributed by atoms with van der Waals surface area (Å²) in [6.45, 7) is 3.38. The number of allylic oxidation sites excluding steroid dienone is 1. The Labute approximate surface area is 163 Å². The third-order valence-electron chi connectivity index (χ3n) is 5.93. The molecule has 0 atom stereocenters. The van der Waals surface area contributed by atoms with Crippen molar-refractivity contribution < 1.29 is 27.0 Å². The molecule has 1 aliphatic carbocycles. The molecule has 2 aliphatic rings. The van der Waals surface area contributed by atoms with Gasteiger partial charge in [0.05, 0.1) is 13.2 Å². The molecule has 0 bridgehead atoms. The maximum Gasteiger partial charge on any atom is 0.409 e. The summed E-state index contributed by atoms with van der Waals surface area (Å²) in [5, 5.41) is 0. The third kappa shape index (κ3) is 5.80. The first-order valence-electron chi connectivity index (χ1n) is 10.1. The number of alkyl halides is 3. The fourth-order valence-electron chi connectivity index (χ4n) is 4.35. The quantitative estimate of drug-likeness (QED) is 0.514. The Morgan fingerprint density at radius 1 is 1.04 bits per heavy atom. The number of rotatable bonds is 5. The number of benzene rings is 1. The molecule has 3 rings (SSSR count). The summed E-state index contributed by atoms with van der Waals surface area (Å²) in [6, 6.07) is 4.07. The molecular weight excluding hydrogens is 372 g/mol. The zero-order valence-corrected chi connectivity index (χ0v) is 16.2. The number of hydrogen-bond donors (Lipinski definition) is 0. The summed E-state index contributed by atoms with van der Waals surface area (Å²) in [6.07, 6.45) is 3.15. The molecule has 0 N–H and O–H groups in total. The minimum atomic E-state index is -4.47. The van der Waals surface area contributed by atoms with Gasteiger partial charge < -0.3 is 9.47 Å². The predicted octanol–water partition coefficient (Wildman–Crippen LogP) is 6.67. The topological polar surface area (TPSA) is 18.5 Å².